The van der Waals surface area contributed by atoms with E-state index in [-0.39, 0.29) is 6.61 Å². The number of aliphatic hydroxyl groups is 1. The van der Waals surface area contributed by atoms with Crippen LogP contribution in [0.25, 0.3) is 0 Å². The van der Waals surface area contributed by atoms with E-state index in [9.17, 15) is 5.11 Å². The van der Waals surface area contributed by atoms with Crippen LogP contribution >= 0.6 is 0 Å². The highest BCUT2D eigenvalue weighted by Gasteiger charge is 2.10. The minimum atomic E-state index is 0.216. The third kappa shape index (κ3) is 3.92. The van der Waals surface area contributed by atoms with Gasteiger partial charge in [-0.25, -0.2) is 0 Å². The third-order valence-corrected chi connectivity index (χ3v) is 3.55. The number of benzene rings is 1. The number of nitrogens with zero attached hydrogens (tertiary/aromatic N) is 2. The van der Waals surface area contributed by atoms with Crippen molar-refractivity contribution < 1.29 is 5.11 Å². The van der Waals surface area contributed by atoms with Crippen LogP contribution in [-0.2, 0) is 13.1 Å². The molecular weight excluding hydrogens is 250 g/mol. The molecule has 2 N–H and O–H groups in total. The smallest absolute Gasteiger partial charge is 0.0521 e. The Bertz CT molecular complexity index is 495. The SMILES string of the molecule is CCn1nccc1CNCC(CCO)c1ccccc1. The number of aliphatic hydroxyl groups excluding tert-OH is 1. The quantitative estimate of drug-likeness (QED) is 0.775. The molecule has 0 fully saturated rings. The van der Waals surface area contributed by atoms with Gasteiger partial charge >= 0.3 is 0 Å². The van der Waals surface area contributed by atoms with Crippen LogP contribution in [-0.4, -0.2) is 28.0 Å². The molecule has 0 bridgehead atoms. The summed E-state index contributed by atoms with van der Waals surface area (Å²) < 4.78 is 2.00. The molecule has 1 unspecified atom stereocenters. The van der Waals surface area contributed by atoms with Gasteiger partial charge in [-0.05, 0) is 30.9 Å². The Labute approximate surface area is 120 Å². The maximum absolute atomic E-state index is 9.22. The first-order valence-corrected chi connectivity index (χ1v) is 7.22. The summed E-state index contributed by atoms with van der Waals surface area (Å²) in [6.07, 6.45) is 2.62. The molecule has 20 heavy (non-hydrogen) atoms. The molecule has 0 radical (unpaired) electrons. The summed E-state index contributed by atoms with van der Waals surface area (Å²) in [5, 5.41) is 17.0. The fraction of sp³-hybridized carbons (Fsp3) is 0.438. The fourth-order valence-electron chi connectivity index (χ4n) is 2.44. The predicted octanol–water partition coefficient (Wildman–Crippen LogP) is 2.16. The van der Waals surface area contributed by atoms with Crippen molar-refractivity contribution >= 4 is 0 Å². The molecule has 2 rings (SSSR count). The first kappa shape index (κ1) is 14.8. The molecular formula is C16H23N3O. The van der Waals surface area contributed by atoms with Gasteiger partial charge in [-0.1, -0.05) is 30.3 Å². The normalized spacial score (nSPS) is 12.5. The summed E-state index contributed by atoms with van der Waals surface area (Å²) in [6, 6.07) is 12.4. The minimum absolute atomic E-state index is 0.216. The Balaban J connectivity index is 1.90. The van der Waals surface area contributed by atoms with Gasteiger partial charge in [-0.15, -0.1) is 0 Å². The van der Waals surface area contributed by atoms with Gasteiger partial charge in [0.1, 0.15) is 0 Å². The maximum Gasteiger partial charge on any atom is 0.0521 e. The van der Waals surface area contributed by atoms with Crippen LogP contribution in [0.4, 0.5) is 0 Å². The fourth-order valence-corrected chi connectivity index (χ4v) is 2.44. The number of hydrogen-bond donors (Lipinski definition) is 2. The number of nitrogens with one attached hydrogen (secondary N) is 1. The zero-order chi connectivity index (χ0) is 14.2. The van der Waals surface area contributed by atoms with Crippen molar-refractivity contribution in [2.24, 2.45) is 0 Å². The van der Waals surface area contributed by atoms with E-state index >= 15 is 0 Å². The first-order chi connectivity index (χ1) is 9.85. The van der Waals surface area contributed by atoms with Crippen LogP contribution < -0.4 is 5.32 Å². The summed E-state index contributed by atoms with van der Waals surface area (Å²) in [4.78, 5) is 0. The van der Waals surface area contributed by atoms with Crippen molar-refractivity contribution in [1.82, 2.24) is 15.1 Å². The molecule has 0 aliphatic carbocycles. The van der Waals surface area contributed by atoms with Crippen LogP contribution in [0, 0.1) is 0 Å². The second-order valence-electron chi connectivity index (χ2n) is 4.89. The van der Waals surface area contributed by atoms with E-state index in [0.29, 0.717) is 5.92 Å². The van der Waals surface area contributed by atoms with Gasteiger partial charge < -0.3 is 10.4 Å². The second-order valence-corrected chi connectivity index (χ2v) is 4.89. The molecule has 4 heteroatoms. The molecule has 1 aromatic heterocycles. The van der Waals surface area contributed by atoms with E-state index in [4.69, 9.17) is 0 Å². The van der Waals surface area contributed by atoms with Gasteiger partial charge in [0, 0.05) is 32.4 Å². The van der Waals surface area contributed by atoms with Crippen LogP contribution in [0.2, 0.25) is 0 Å². The van der Waals surface area contributed by atoms with Crippen LogP contribution in [0.15, 0.2) is 42.6 Å². The predicted molar refractivity (Wildman–Crippen MR) is 80.5 cm³/mol. The lowest BCUT2D eigenvalue weighted by molar-refractivity contribution is 0.273. The molecule has 0 spiro atoms. The standard InChI is InChI=1S/C16H23N3O/c1-2-19-16(8-10-18-19)13-17-12-15(9-11-20)14-6-4-3-5-7-14/h3-8,10,15,17,20H,2,9,11-13H2,1H3. The van der Waals surface area contributed by atoms with Gasteiger partial charge in [0.05, 0.1) is 5.69 Å². The number of aryl methyl sites for hydroxylation is 1. The van der Waals surface area contributed by atoms with E-state index < -0.39 is 0 Å². The lowest BCUT2D eigenvalue weighted by atomic mass is 9.96. The summed E-state index contributed by atoms with van der Waals surface area (Å²) in [5.41, 5.74) is 2.47. The molecule has 1 atom stereocenters. The van der Waals surface area contributed by atoms with Gasteiger partial charge in [-0.2, -0.15) is 5.10 Å². The minimum Gasteiger partial charge on any atom is -0.396 e. The van der Waals surface area contributed by atoms with Crippen LogP contribution in [0.1, 0.15) is 30.5 Å². The summed E-state index contributed by atoms with van der Waals surface area (Å²) in [6.45, 7) is 4.87. The monoisotopic (exact) mass is 273 g/mol. The van der Waals surface area contributed by atoms with Gasteiger partial charge in [0.15, 0.2) is 0 Å². The van der Waals surface area contributed by atoms with E-state index in [0.717, 1.165) is 26.1 Å². The molecule has 0 amide bonds. The molecule has 4 nitrogen and oxygen atoms in total. The van der Waals surface area contributed by atoms with Crippen molar-refractivity contribution in [2.45, 2.75) is 32.4 Å². The Hall–Kier alpha value is -1.65. The topological polar surface area (TPSA) is 50.1 Å². The van der Waals surface area contributed by atoms with Crippen LogP contribution in [0.3, 0.4) is 0 Å². The van der Waals surface area contributed by atoms with E-state index in [1.54, 1.807) is 0 Å². The Morgan fingerprint density at radius 1 is 1.25 bits per heavy atom. The summed E-state index contributed by atoms with van der Waals surface area (Å²) >= 11 is 0. The summed E-state index contributed by atoms with van der Waals surface area (Å²) in [7, 11) is 0. The molecule has 0 aliphatic rings. The molecule has 108 valence electrons. The Kier molecular flexibility index (Phi) is 5.77. The zero-order valence-electron chi connectivity index (χ0n) is 12.0. The molecule has 0 saturated carbocycles. The largest absolute Gasteiger partial charge is 0.396 e. The van der Waals surface area contributed by atoms with E-state index in [2.05, 4.69) is 29.5 Å². The molecule has 0 saturated heterocycles. The van der Waals surface area contributed by atoms with Crippen molar-refractivity contribution in [3.05, 3.63) is 53.9 Å². The molecule has 1 heterocycles. The Morgan fingerprint density at radius 3 is 2.75 bits per heavy atom. The highest BCUT2D eigenvalue weighted by atomic mass is 16.3. The number of rotatable bonds is 8. The first-order valence-electron chi connectivity index (χ1n) is 7.22. The van der Waals surface area contributed by atoms with Gasteiger partial charge in [-0.3, -0.25) is 4.68 Å². The van der Waals surface area contributed by atoms with E-state index in [1.807, 2.05) is 35.1 Å². The van der Waals surface area contributed by atoms with Crippen LogP contribution in [0.5, 0.6) is 0 Å². The van der Waals surface area contributed by atoms with Gasteiger partial charge in [0.25, 0.3) is 0 Å². The Morgan fingerprint density at radius 2 is 2.05 bits per heavy atom. The number of aromatic nitrogens is 2. The lowest BCUT2D eigenvalue weighted by Gasteiger charge is -2.17. The zero-order valence-corrected chi connectivity index (χ0v) is 12.0. The average molecular weight is 273 g/mol. The van der Waals surface area contributed by atoms with E-state index in [1.165, 1.54) is 11.3 Å². The molecule has 0 aliphatic heterocycles. The third-order valence-electron chi connectivity index (χ3n) is 3.55. The molecule has 1 aromatic carbocycles. The highest BCUT2D eigenvalue weighted by molar-refractivity contribution is 5.19. The van der Waals surface area contributed by atoms with Crippen molar-refractivity contribution in [3.8, 4) is 0 Å². The molecule has 2 aromatic rings. The number of hydrogen-bond acceptors (Lipinski definition) is 3. The second kappa shape index (κ2) is 7.82. The summed E-state index contributed by atoms with van der Waals surface area (Å²) in [5.74, 6) is 0.346. The van der Waals surface area contributed by atoms with Crippen molar-refractivity contribution in [3.63, 3.8) is 0 Å². The average Bonchev–Trinajstić information content (AvgIpc) is 2.95. The maximum atomic E-state index is 9.22. The van der Waals surface area contributed by atoms with Crippen molar-refractivity contribution in [1.29, 1.82) is 0 Å². The highest BCUT2D eigenvalue weighted by Crippen LogP contribution is 2.18. The van der Waals surface area contributed by atoms with Gasteiger partial charge in [0.2, 0.25) is 0 Å². The lowest BCUT2D eigenvalue weighted by Crippen LogP contribution is -2.23. The van der Waals surface area contributed by atoms with Crippen molar-refractivity contribution in [2.75, 3.05) is 13.2 Å².